The lowest BCUT2D eigenvalue weighted by molar-refractivity contribution is 0.0729. The third-order valence-corrected chi connectivity index (χ3v) is 8.76. The van der Waals surface area contributed by atoms with Crippen LogP contribution >= 0.6 is 0 Å². The lowest BCUT2D eigenvalue weighted by atomic mass is 9.69. The monoisotopic (exact) mass is 422 g/mol. The second kappa shape index (κ2) is 9.14. The van der Waals surface area contributed by atoms with Crippen LogP contribution in [0.15, 0.2) is 29.2 Å². The van der Waals surface area contributed by atoms with E-state index < -0.39 is 10.0 Å². The molecular weight excluding hydrogens is 388 g/mol. The first kappa shape index (κ1) is 22.2. The SMILES string of the molecule is CCC(C)(C)C1CCC(NC(=O)c2ccccc2S(=O)(=O)N2CCOCC2)CC1. The molecule has 1 aromatic rings. The van der Waals surface area contributed by atoms with Gasteiger partial charge in [-0.1, -0.05) is 39.3 Å². The summed E-state index contributed by atoms with van der Waals surface area (Å²) in [5, 5.41) is 3.09. The highest BCUT2D eigenvalue weighted by molar-refractivity contribution is 7.89. The van der Waals surface area contributed by atoms with Crippen LogP contribution in [0.25, 0.3) is 0 Å². The molecule has 0 bridgehead atoms. The first-order valence-corrected chi connectivity index (χ1v) is 12.2. The Bertz CT molecular complexity index is 808. The average Bonchev–Trinajstić information content (AvgIpc) is 2.74. The number of nitrogens with one attached hydrogen (secondary N) is 1. The quantitative estimate of drug-likeness (QED) is 0.762. The minimum Gasteiger partial charge on any atom is -0.379 e. The number of nitrogens with zero attached hydrogens (tertiary/aromatic N) is 1. The molecule has 2 aliphatic rings. The molecule has 0 aromatic heterocycles. The van der Waals surface area contributed by atoms with Gasteiger partial charge in [0.05, 0.1) is 23.7 Å². The fourth-order valence-corrected chi connectivity index (χ4v) is 5.97. The van der Waals surface area contributed by atoms with Gasteiger partial charge in [0.1, 0.15) is 0 Å². The summed E-state index contributed by atoms with van der Waals surface area (Å²) in [6.45, 7) is 8.27. The van der Waals surface area contributed by atoms with E-state index in [9.17, 15) is 13.2 Å². The van der Waals surface area contributed by atoms with Gasteiger partial charge >= 0.3 is 0 Å². The molecule has 0 radical (unpaired) electrons. The Morgan fingerprint density at radius 1 is 1.14 bits per heavy atom. The van der Waals surface area contributed by atoms with Crippen LogP contribution in [-0.2, 0) is 14.8 Å². The smallest absolute Gasteiger partial charge is 0.252 e. The fourth-order valence-electron chi connectivity index (χ4n) is 4.38. The van der Waals surface area contributed by atoms with E-state index in [1.807, 2.05) is 0 Å². The van der Waals surface area contributed by atoms with E-state index >= 15 is 0 Å². The molecule has 0 spiro atoms. The molecule has 162 valence electrons. The summed E-state index contributed by atoms with van der Waals surface area (Å²) in [5.41, 5.74) is 0.559. The van der Waals surface area contributed by atoms with E-state index in [1.54, 1.807) is 18.2 Å². The molecule has 29 heavy (non-hydrogen) atoms. The van der Waals surface area contributed by atoms with Gasteiger partial charge < -0.3 is 10.1 Å². The lowest BCUT2D eigenvalue weighted by Crippen LogP contribution is -2.42. The lowest BCUT2D eigenvalue weighted by Gasteiger charge is -2.39. The first-order chi connectivity index (χ1) is 13.8. The number of benzene rings is 1. The van der Waals surface area contributed by atoms with Crippen molar-refractivity contribution in [1.82, 2.24) is 9.62 Å². The Labute approximate surface area is 175 Å². The molecule has 1 N–H and O–H groups in total. The molecule has 7 heteroatoms. The van der Waals surface area contributed by atoms with Crippen molar-refractivity contribution in [2.24, 2.45) is 11.3 Å². The van der Waals surface area contributed by atoms with E-state index in [2.05, 4.69) is 26.1 Å². The molecule has 0 atom stereocenters. The highest BCUT2D eigenvalue weighted by Gasteiger charge is 2.34. The maximum Gasteiger partial charge on any atom is 0.252 e. The van der Waals surface area contributed by atoms with Gasteiger partial charge in [-0.15, -0.1) is 0 Å². The van der Waals surface area contributed by atoms with Crippen molar-refractivity contribution in [2.45, 2.75) is 63.8 Å². The zero-order valence-corrected chi connectivity index (χ0v) is 18.6. The number of sulfonamides is 1. The van der Waals surface area contributed by atoms with Crippen LogP contribution < -0.4 is 5.32 Å². The topological polar surface area (TPSA) is 75.7 Å². The van der Waals surface area contributed by atoms with Crippen LogP contribution in [-0.4, -0.2) is 51.0 Å². The first-order valence-electron chi connectivity index (χ1n) is 10.7. The van der Waals surface area contributed by atoms with Gasteiger partial charge in [-0.2, -0.15) is 4.31 Å². The minimum atomic E-state index is -3.72. The number of morpholine rings is 1. The van der Waals surface area contributed by atoms with E-state index in [4.69, 9.17) is 4.74 Å². The number of carbonyl (C=O) groups is 1. The van der Waals surface area contributed by atoms with Crippen molar-refractivity contribution < 1.29 is 17.9 Å². The zero-order valence-electron chi connectivity index (χ0n) is 17.8. The summed E-state index contributed by atoms with van der Waals surface area (Å²) in [5.74, 6) is 0.380. The number of carbonyl (C=O) groups excluding carboxylic acids is 1. The van der Waals surface area contributed by atoms with Gasteiger partial charge in [-0.25, -0.2) is 8.42 Å². The number of hydrogen-bond donors (Lipinski definition) is 1. The summed E-state index contributed by atoms with van der Waals surface area (Å²) in [6, 6.07) is 6.62. The number of rotatable bonds is 6. The largest absolute Gasteiger partial charge is 0.379 e. The number of hydrogen-bond acceptors (Lipinski definition) is 4. The molecule has 6 nitrogen and oxygen atoms in total. The third-order valence-electron chi connectivity index (χ3n) is 6.80. The molecule has 1 heterocycles. The maximum absolute atomic E-state index is 13.1. The summed E-state index contributed by atoms with van der Waals surface area (Å²) < 4.78 is 32.8. The Morgan fingerprint density at radius 3 is 2.38 bits per heavy atom. The van der Waals surface area contributed by atoms with Crippen molar-refractivity contribution >= 4 is 15.9 Å². The predicted octanol–water partition coefficient (Wildman–Crippen LogP) is 3.43. The Morgan fingerprint density at radius 2 is 1.76 bits per heavy atom. The van der Waals surface area contributed by atoms with Gasteiger partial charge in [0, 0.05) is 19.1 Å². The van der Waals surface area contributed by atoms with E-state index in [-0.39, 0.29) is 22.4 Å². The molecule has 1 aliphatic carbocycles. The van der Waals surface area contributed by atoms with Crippen molar-refractivity contribution in [2.75, 3.05) is 26.3 Å². The van der Waals surface area contributed by atoms with Crippen LogP contribution in [0.5, 0.6) is 0 Å². The molecule has 1 saturated carbocycles. The van der Waals surface area contributed by atoms with Crippen LogP contribution in [0.4, 0.5) is 0 Å². The van der Waals surface area contributed by atoms with Crippen molar-refractivity contribution in [3.05, 3.63) is 29.8 Å². The van der Waals surface area contributed by atoms with Gasteiger partial charge in [0.25, 0.3) is 5.91 Å². The van der Waals surface area contributed by atoms with Crippen molar-refractivity contribution in [1.29, 1.82) is 0 Å². The average molecular weight is 423 g/mol. The van der Waals surface area contributed by atoms with E-state index in [0.29, 0.717) is 37.6 Å². The van der Waals surface area contributed by atoms with Gasteiger partial charge in [-0.05, 0) is 49.1 Å². The number of ether oxygens (including phenoxy) is 1. The van der Waals surface area contributed by atoms with Crippen LogP contribution in [0.1, 0.15) is 63.2 Å². The van der Waals surface area contributed by atoms with Gasteiger partial charge in [-0.3, -0.25) is 4.79 Å². The Hall–Kier alpha value is -1.44. The second-order valence-electron chi connectivity index (χ2n) is 8.88. The highest BCUT2D eigenvalue weighted by Crippen LogP contribution is 2.40. The van der Waals surface area contributed by atoms with Crippen LogP contribution in [0.3, 0.4) is 0 Å². The minimum absolute atomic E-state index is 0.0835. The zero-order chi connectivity index (χ0) is 21.1. The summed E-state index contributed by atoms with van der Waals surface area (Å²) in [6.07, 6.45) is 5.23. The molecule has 2 fully saturated rings. The molecule has 1 amide bonds. The fraction of sp³-hybridized carbons (Fsp3) is 0.682. The summed E-state index contributed by atoms with van der Waals surface area (Å²) in [4.78, 5) is 13.1. The van der Waals surface area contributed by atoms with Crippen LogP contribution in [0, 0.1) is 11.3 Å². The predicted molar refractivity (Wildman–Crippen MR) is 113 cm³/mol. The molecular formula is C22H34N2O4S. The molecule has 0 unspecified atom stereocenters. The van der Waals surface area contributed by atoms with Gasteiger partial charge in [0.15, 0.2) is 0 Å². The normalized spacial score (nSPS) is 24.2. The Kier molecular flexibility index (Phi) is 7.02. The molecule has 1 saturated heterocycles. The summed E-state index contributed by atoms with van der Waals surface area (Å²) in [7, 11) is -3.72. The third kappa shape index (κ3) is 5.01. The maximum atomic E-state index is 13.1. The van der Waals surface area contributed by atoms with Crippen molar-refractivity contribution in [3.63, 3.8) is 0 Å². The molecule has 1 aliphatic heterocycles. The van der Waals surface area contributed by atoms with E-state index in [0.717, 1.165) is 32.1 Å². The van der Waals surface area contributed by atoms with Gasteiger partial charge in [0.2, 0.25) is 10.0 Å². The standard InChI is InChI=1S/C22H34N2O4S/c1-4-22(2,3)17-9-11-18(12-10-17)23-21(25)19-7-5-6-8-20(19)29(26,27)24-13-15-28-16-14-24/h5-8,17-18H,4,9-16H2,1-3H3,(H,23,25). The highest BCUT2D eigenvalue weighted by atomic mass is 32.2. The molecule has 3 rings (SSSR count). The van der Waals surface area contributed by atoms with Crippen molar-refractivity contribution in [3.8, 4) is 0 Å². The molecule has 1 aromatic carbocycles. The Balaban J connectivity index is 1.70. The number of amides is 1. The summed E-state index contributed by atoms with van der Waals surface area (Å²) >= 11 is 0. The van der Waals surface area contributed by atoms with E-state index in [1.165, 1.54) is 10.4 Å². The van der Waals surface area contributed by atoms with Crippen LogP contribution in [0.2, 0.25) is 0 Å². The second-order valence-corrected chi connectivity index (χ2v) is 10.8.